The van der Waals surface area contributed by atoms with Gasteiger partial charge in [0.05, 0.1) is 12.8 Å². The third-order valence-corrected chi connectivity index (χ3v) is 3.77. The van der Waals surface area contributed by atoms with E-state index in [1.807, 2.05) is 42.5 Å². The summed E-state index contributed by atoms with van der Waals surface area (Å²) in [7, 11) is 1.67. The van der Waals surface area contributed by atoms with Crippen LogP contribution in [0.1, 0.15) is 11.3 Å². The molecule has 3 rings (SSSR count). The Hall–Kier alpha value is -2.13. The maximum absolute atomic E-state index is 5.37. The monoisotopic (exact) mass is 339 g/mol. The highest BCUT2D eigenvalue weighted by Gasteiger charge is 2.02. The molecular formula is C18H14BrNO. The van der Waals surface area contributed by atoms with Gasteiger partial charge in [0.2, 0.25) is 0 Å². The molecule has 104 valence electrons. The summed E-state index contributed by atoms with van der Waals surface area (Å²) >= 11 is 3.43. The summed E-state index contributed by atoms with van der Waals surface area (Å²) in [6, 6.07) is 18.2. The molecule has 0 saturated carbocycles. The third-order valence-electron chi connectivity index (χ3n) is 3.24. The Labute approximate surface area is 132 Å². The van der Waals surface area contributed by atoms with Crippen LogP contribution in [0.25, 0.3) is 23.1 Å². The Morgan fingerprint density at radius 1 is 0.952 bits per heavy atom. The summed E-state index contributed by atoms with van der Waals surface area (Å²) in [5.41, 5.74) is 2.94. The van der Waals surface area contributed by atoms with Crippen molar-refractivity contribution in [3.05, 3.63) is 70.3 Å². The molecule has 0 fully saturated rings. The van der Waals surface area contributed by atoms with Crippen LogP contribution in [0.5, 0.6) is 5.75 Å². The SMILES string of the molecule is COc1cccc2ccc(C=Cc3ccc(Br)cc3)nc12. The number of fused-ring (bicyclic) bond motifs is 1. The fourth-order valence-corrected chi connectivity index (χ4v) is 2.41. The molecule has 3 heteroatoms. The fraction of sp³-hybridized carbons (Fsp3) is 0.0556. The maximum atomic E-state index is 5.37. The first-order chi connectivity index (χ1) is 10.3. The zero-order chi connectivity index (χ0) is 14.7. The smallest absolute Gasteiger partial charge is 0.145 e. The molecule has 0 bridgehead atoms. The first kappa shape index (κ1) is 13.8. The van der Waals surface area contributed by atoms with Crippen LogP contribution < -0.4 is 4.74 Å². The average molecular weight is 340 g/mol. The molecule has 0 aliphatic carbocycles. The lowest BCUT2D eigenvalue weighted by Crippen LogP contribution is -1.89. The molecule has 2 nitrogen and oxygen atoms in total. The molecule has 0 radical (unpaired) electrons. The van der Waals surface area contributed by atoms with E-state index in [1.165, 1.54) is 0 Å². The largest absolute Gasteiger partial charge is 0.494 e. The van der Waals surface area contributed by atoms with Crippen molar-refractivity contribution in [3.8, 4) is 5.75 Å². The highest BCUT2D eigenvalue weighted by atomic mass is 79.9. The van der Waals surface area contributed by atoms with Gasteiger partial charge in [-0.05, 0) is 35.9 Å². The number of hydrogen-bond donors (Lipinski definition) is 0. The number of aromatic nitrogens is 1. The molecule has 0 N–H and O–H groups in total. The van der Waals surface area contributed by atoms with Crippen LogP contribution >= 0.6 is 15.9 Å². The van der Waals surface area contributed by atoms with Gasteiger partial charge in [-0.3, -0.25) is 0 Å². The van der Waals surface area contributed by atoms with Gasteiger partial charge in [-0.15, -0.1) is 0 Å². The molecule has 0 atom stereocenters. The van der Waals surface area contributed by atoms with Gasteiger partial charge >= 0.3 is 0 Å². The summed E-state index contributed by atoms with van der Waals surface area (Å²) in [5, 5.41) is 1.08. The molecule has 1 aromatic heterocycles. The van der Waals surface area contributed by atoms with E-state index >= 15 is 0 Å². The van der Waals surface area contributed by atoms with Crippen LogP contribution in [0, 0.1) is 0 Å². The van der Waals surface area contributed by atoms with E-state index in [0.29, 0.717) is 0 Å². The minimum Gasteiger partial charge on any atom is -0.494 e. The Morgan fingerprint density at radius 3 is 2.52 bits per heavy atom. The van der Waals surface area contributed by atoms with E-state index in [0.717, 1.165) is 32.4 Å². The van der Waals surface area contributed by atoms with Crippen molar-refractivity contribution >= 4 is 39.0 Å². The van der Waals surface area contributed by atoms with E-state index in [2.05, 4.69) is 45.2 Å². The quantitative estimate of drug-likeness (QED) is 0.656. The summed E-state index contributed by atoms with van der Waals surface area (Å²) in [4.78, 5) is 4.66. The summed E-state index contributed by atoms with van der Waals surface area (Å²) in [6.07, 6.45) is 4.06. The molecule has 0 amide bonds. The van der Waals surface area contributed by atoms with E-state index < -0.39 is 0 Å². The number of pyridine rings is 1. The van der Waals surface area contributed by atoms with Crippen molar-refractivity contribution < 1.29 is 4.74 Å². The number of ether oxygens (including phenoxy) is 1. The number of nitrogens with zero attached hydrogens (tertiary/aromatic N) is 1. The van der Waals surface area contributed by atoms with Crippen LogP contribution in [0.4, 0.5) is 0 Å². The number of methoxy groups -OCH3 is 1. The first-order valence-corrected chi connectivity index (χ1v) is 7.43. The van der Waals surface area contributed by atoms with Crippen LogP contribution in [0.15, 0.2) is 59.1 Å². The van der Waals surface area contributed by atoms with Crippen molar-refractivity contribution in [1.29, 1.82) is 0 Å². The maximum Gasteiger partial charge on any atom is 0.145 e. The van der Waals surface area contributed by atoms with Gasteiger partial charge in [-0.1, -0.05) is 52.3 Å². The highest BCUT2D eigenvalue weighted by Crippen LogP contribution is 2.24. The third kappa shape index (κ3) is 3.14. The normalized spacial score (nSPS) is 11.1. The Kier molecular flexibility index (Phi) is 4.02. The van der Waals surface area contributed by atoms with Gasteiger partial charge in [0.15, 0.2) is 0 Å². The lowest BCUT2D eigenvalue weighted by molar-refractivity contribution is 0.419. The van der Waals surface area contributed by atoms with Crippen molar-refractivity contribution in [2.45, 2.75) is 0 Å². The predicted octanol–water partition coefficient (Wildman–Crippen LogP) is 5.18. The average Bonchev–Trinajstić information content (AvgIpc) is 2.53. The van der Waals surface area contributed by atoms with Crippen LogP contribution in [-0.2, 0) is 0 Å². The molecule has 21 heavy (non-hydrogen) atoms. The van der Waals surface area contributed by atoms with Crippen LogP contribution in [-0.4, -0.2) is 12.1 Å². The summed E-state index contributed by atoms with van der Waals surface area (Å²) < 4.78 is 6.44. The second-order valence-corrected chi connectivity index (χ2v) is 5.57. The van der Waals surface area contributed by atoms with Crippen molar-refractivity contribution in [1.82, 2.24) is 4.98 Å². The van der Waals surface area contributed by atoms with Crippen molar-refractivity contribution in [2.24, 2.45) is 0 Å². The van der Waals surface area contributed by atoms with Gasteiger partial charge in [-0.25, -0.2) is 4.98 Å². The molecule has 2 aromatic carbocycles. The minimum atomic E-state index is 0.798. The number of rotatable bonds is 3. The number of hydrogen-bond acceptors (Lipinski definition) is 2. The molecule has 1 heterocycles. The first-order valence-electron chi connectivity index (χ1n) is 6.64. The van der Waals surface area contributed by atoms with E-state index in [4.69, 9.17) is 4.74 Å². The van der Waals surface area contributed by atoms with Gasteiger partial charge in [0, 0.05) is 9.86 Å². The lowest BCUT2D eigenvalue weighted by atomic mass is 10.1. The Morgan fingerprint density at radius 2 is 1.76 bits per heavy atom. The summed E-state index contributed by atoms with van der Waals surface area (Å²) in [6.45, 7) is 0. The lowest BCUT2D eigenvalue weighted by Gasteiger charge is -2.05. The van der Waals surface area contributed by atoms with E-state index in [1.54, 1.807) is 7.11 Å². The van der Waals surface area contributed by atoms with Gasteiger partial charge in [-0.2, -0.15) is 0 Å². The van der Waals surface area contributed by atoms with E-state index in [-0.39, 0.29) is 0 Å². The highest BCUT2D eigenvalue weighted by molar-refractivity contribution is 9.10. The zero-order valence-electron chi connectivity index (χ0n) is 11.6. The molecule has 0 saturated heterocycles. The van der Waals surface area contributed by atoms with Gasteiger partial charge < -0.3 is 4.74 Å². The fourth-order valence-electron chi connectivity index (χ4n) is 2.15. The molecular weight excluding hydrogens is 326 g/mol. The number of para-hydroxylation sites is 1. The topological polar surface area (TPSA) is 22.1 Å². The van der Waals surface area contributed by atoms with Crippen LogP contribution in [0.2, 0.25) is 0 Å². The zero-order valence-corrected chi connectivity index (χ0v) is 13.2. The second kappa shape index (κ2) is 6.10. The Bertz CT molecular complexity index is 794. The minimum absolute atomic E-state index is 0.798. The van der Waals surface area contributed by atoms with Crippen molar-refractivity contribution in [2.75, 3.05) is 7.11 Å². The number of halogens is 1. The number of benzene rings is 2. The van der Waals surface area contributed by atoms with Crippen molar-refractivity contribution in [3.63, 3.8) is 0 Å². The molecule has 0 aliphatic rings. The molecule has 0 aliphatic heterocycles. The van der Waals surface area contributed by atoms with E-state index in [9.17, 15) is 0 Å². The molecule has 0 unspecified atom stereocenters. The van der Waals surface area contributed by atoms with Gasteiger partial charge in [0.25, 0.3) is 0 Å². The summed E-state index contributed by atoms with van der Waals surface area (Å²) in [5.74, 6) is 0.798. The second-order valence-electron chi connectivity index (χ2n) is 4.65. The Balaban J connectivity index is 1.95. The molecule has 0 spiro atoms. The van der Waals surface area contributed by atoms with Crippen LogP contribution in [0.3, 0.4) is 0 Å². The van der Waals surface area contributed by atoms with Gasteiger partial charge in [0.1, 0.15) is 11.3 Å². The predicted molar refractivity (Wildman–Crippen MR) is 91.4 cm³/mol. The standard InChI is InChI=1S/C18H14BrNO/c1-21-17-4-2-3-14-8-12-16(20-18(14)17)11-7-13-5-9-15(19)10-6-13/h2-12H,1H3. The molecule has 3 aromatic rings.